The first-order valence-electron chi connectivity index (χ1n) is 16.8. The predicted molar refractivity (Wildman–Crippen MR) is 164 cm³/mol. The molecule has 0 bridgehead atoms. The monoisotopic (exact) mass is 498 g/mol. The first kappa shape index (κ1) is 33.2. The van der Waals surface area contributed by atoms with E-state index in [9.17, 15) is 0 Å². The van der Waals surface area contributed by atoms with E-state index in [2.05, 4.69) is 39.0 Å². The highest BCUT2D eigenvalue weighted by Crippen LogP contribution is 2.23. The number of aryl methyl sites for hydroxylation is 2. The zero-order valence-electron chi connectivity index (χ0n) is 25.2. The Morgan fingerprint density at radius 2 is 0.778 bits per heavy atom. The first-order valence-corrected chi connectivity index (χ1v) is 16.8. The van der Waals surface area contributed by atoms with E-state index in [4.69, 9.17) is 0 Å². The van der Waals surface area contributed by atoms with Gasteiger partial charge in [-0.1, -0.05) is 168 Å². The van der Waals surface area contributed by atoms with Crippen LogP contribution in [0.4, 0.5) is 0 Å². The third kappa shape index (κ3) is 18.5. The van der Waals surface area contributed by atoms with Crippen LogP contribution < -0.4 is 0 Å². The van der Waals surface area contributed by atoms with Gasteiger partial charge in [0.15, 0.2) is 0 Å². The second kappa shape index (κ2) is 25.9. The van der Waals surface area contributed by atoms with Gasteiger partial charge in [-0.3, -0.25) is 0 Å². The number of hydrogen-bond acceptors (Lipinski definition) is 0. The maximum Gasteiger partial charge on any atom is -0.0146 e. The van der Waals surface area contributed by atoms with E-state index < -0.39 is 0 Å². The van der Waals surface area contributed by atoms with Crippen molar-refractivity contribution in [2.75, 3.05) is 0 Å². The summed E-state index contributed by atoms with van der Waals surface area (Å²) in [7, 11) is 0. The quantitative estimate of drug-likeness (QED) is 0.106. The van der Waals surface area contributed by atoms with Crippen LogP contribution in [0.1, 0.15) is 192 Å². The van der Waals surface area contributed by atoms with Crippen LogP contribution in [-0.4, -0.2) is 0 Å². The van der Waals surface area contributed by atoms with Gasteiger partial charge in [-0.2, -0.15) is 0 Å². The van der Waals surface area contributed by atoms with Crippen LogP contribution in [0, 0.1) is 6.07 Å². The van der Waals surface area contributed by atoms with E-state index in [-0.39, 0.29) is 0 Å². The van der Waals surface area contributed by atoms with Crippen LogP contribution in [0.3, 0.4) is 0 Å². The summed E-state index contributed by atoms with van der Waals surface area (Å²) in [6.07, 6.45) is 37.8. The van der Waals surface area contributed by atoms with Crippen molar-refractivity contribution in [3.63, 3.8) is 0 Å². The van der Waals surface area contributed by atoms with Gasteiger partial charge in [0.25, 0.3) is 0 Å². The van der Waals surface area contributed by atoms with Crippen molar-refractivity contribution in [3.8, 4) is 0 Å². The summed E-state index contributed by atoms with van der Waals surface area (Å²) in [5.74, 6) is 0. The minimum absolute atomic E-state index is 1.26. The van der Waals surface area contributed by atoms with Crippen LogP contribution in [0.5, 0.6) is 0 Å². The van der Waals surface area contributed by atoms with Crippen LogP contribution in [0.2, 0.25) is 0 Å². The lowest BCUT2D eigenvalue weighted by Crippen LogP contribution is -2.02. The van der Waals surface area contributed by atoms with Crippen molar-refractivity contribution < 1.29 is 0 Å². The number of rotatable bonds is 27. The molecule has 1 aromatic rings. The van der Waals surface area contributed by atoms with Crippen LogP contribution in [-0.2, 0) is 19.3 Å². The zero-order valence-corrected chi connectivity index (χ0v) is 25.2. The summed E-state index contributed by atoms with van der Waals surface area (Å²) in [4.78, 5) is 0. The lowest BCUT2D eigenvalue weighted by molar-refractivity contribution is 0.567. The molecule has 1 radical (unpaired) electrons. The van der Waals surface area contributed by atoms with E-state index in [0.717, 1.165) is 0 Å². The highest BCUT2D eigenvalue weighted by molar-refractivity contribution is 5.35. The fourth-order valence-corrected chi connectivity index (χ4v) is 5.71. The van der Waals surface area contributed by atoms with Gasteiger partial charge in [0.1, 0.15) is 0 Å². The Morgan fingerprint density at radius 3 is 1.22 bits per heavy atom. The molecule has 1 aromatic carbocycles. The Morgan fingerprint density at radius 1 is 0.417 bits per heavy atom. The fraction of sp³-hybridized carbons (Fsp3) is 0.833. The van der Waals surface area contributed by atoms with Gasteiger partial charge in [0.2, 0.25) is 0 Å². The number of hydrogen-bond donors (Lipinski definition) is 0. The number of benzene rings is 1. The molecule has 0 aliphatic rings. The molecule has 0 atom stereocenters. The third-order valence-electron chi connectivity index (χ3n) is 8.15. The molecule has 0 fully saturated rings. The molecule has 0 saturated heterocycles. The molecule has 0 saturated carbocycles. The Labute approximate surface area is 228 Å². The second-order valence-corrected chi connectivity index (χ2v) is 11.6. The van der Waals surface area contributed by atoms with Gasteiger partial charge < -0.3 is 0 Å². The summed E-state index contributed by atoms with van der Waals surface area (Å²) < 4.78 is 0. The topological polar surface area (TPSA) is 0 Å². The number of unbranched alkanes of at least 4 members (excludes halogenated alkanes) is 21. The molecule has 209 valence electrons. The van der Waals surface area contributed by atoms with Gasteiger partial charge in [0.05, 0.1) is 0 Å². The predicted octanol–water partition coefficient (Wildman–Crippen LogP) is 12.5. The molecule has 0 aromatic heterocycles. The molecule has 0 heteroatoms. The molecule has 0 aliphatic carbocycles. The minimum Gasteiger partial charge on any atom is -0.0654 e. The minimum atomic E-state index is 1.26. The molecule has 0 amide bonds. The summed E-state index contributed by atoms with van der Waals surface area (Å²) in [5, 5.41) is 0. The van der Waals surface area contributed by atoms with E-state index in [1.54, 1.807) is 16.7 Å². The summed E-state index contributed by atoms with van der Waals surface area (Å²) in [6, 6.07) is 8.36. The Hall–Kier alpha value is -0.780. The zero-order chi connectivity index (χ0) is 25.9. The van der Waals surface area contributed by atoms with E-state index in [1.165, 1.54) is 173 Å². The van der Waals surface area contributed by atoms with E-state index in [1.807, 2.05) is 0 Å². The van der Waals surface area contributed by atoms with E-state index >= 15 is 0 Å². The van der Waals surface area contributed by atoms with Crippen molar-refractivity contribution in [3.05, 3.63) is 34.9 Å². The summed E-state index contributed by atoms with van der Waals surface area (Å²) >= 11 is 0. The van der Waals surface area contributed by atoms with Crippen molar-refractivity contribution in [2.24, 2.45) is 0 Å². The van der Waals surface area contributed by atoms with Crippen molar-refractivity contribution in [2.45, 2.75) is 194 Å². The smallest absolute Gasteiger partial charge is 0.0146 e. The van der Waals surface area contributed by atoms with Crippen molar-refractivity contribution in [1.29, 1.82) is 0 Å². The highest BCUT2D eigenvalue weighted by Gasteiger charge is 2.09. The maximum atomic E-state index is 3.70. The average molecular weight is 498 g/mol. The van der Waals surface area contributed by atoms with Crippen molar-refractivity contribution >= 4 is 0 Å². The average Bonchev–Trinajstić information content (AvgIpc) is 2.89. The first-order chi connectivity index (χ1) is 17.8. The van der Waals surface area contributed by atoms with Crippen LogP contribution in [0.15, 0.2) is 12.1 Å². The normalized spacial score (nSPS) is 11.4. The molecule has 0 aliphatic heterocycles. The molecule has 36 heavy (non-hydrogen) atoms. The van der Waals surface area contributed by atoms with Gasteiger partial charge in [-0.15, -0.1) is 0 Å². The van der Waals surface area contributed by atoms with Crippen molar-refractivity contribution in [1.82, 2.24) is 0 Å². The molecule has 0 N–H and O–H groups in total. The van der Waals surface area contributed by atoms with Crippen LogP contribution >= 0.6 is 0 Å². The molecule has 0 unspecified atom stereocenters. The molecule has 0 spiro atoms. The SMILES string of the molecule is CCCCCCCCCCc1[c]ccc(CCCCCCCCCC)c1CCCCCCCCCC. The Balaban J connectivity index is 2.47. The van der Waals surface area contributed by atoms with Gasteiger partial charge in [-0.05, 0) is 61.3 Å². The Bertz CT molecular complexity index is 533. The largest absolute Gasteiger partial charge is 0.0654 e. The Kier molecular flexibility index (Phi) is 23.9. The molecule has 1 rings (SSSR count). The summed E-state index contributed by atoms with van der Waals surface area (Å²) in [5.41, 5.74) is 4.94. The molecule has 0 heterocycles. The molecule has 0 nitrogen and oxygen atoms in total. The van der Waals surface area contributed by atoms with Gasteiger partial charge >= 0.3 is 0 Å². The van der Waals surface area contributed by atoms with E-state index in [0.29, 0.717) is 0 Å². The fourth-order valence-electron chi connectivity index (χ4n) is 5.71. The third-order valence-corrected chi connectivity index (χ3v) is 8.15. The summed E-state index contributed by atoms with van der Waals surface area (Å²) in [6.45, 7) is 6.93. The molecular formula is C36H65. The highest BCUT2D eigenvalue weighted by atomic mass is 14.1. The standard InChI is InChI=1S/C36H65/c1-4-7-10-13-16-19-22-25-29-34-31-28-32-35(30-26-23-20-17-14-11-8-5-2)36(34)33-27-24-21-18-15-12-9-6-3/h28,31H,4-27,29-30,33H2,1-3H3. The lowest BCUT2D eigenvalue weighted by Gasteiger charge is -2.15. The van der Waals surface area contributed by atoms with Crippen LogP contribution in [0.25, 0.3) is 0 Å². The molecular weight excluding hydrogens is 432 g/mol. The van der Waals surface area contributed by atoms with Gasteiger partial charge in [-0.25, -0.2) is 0 Å². The second-order valence-electron chi connectivity index (χ2n) is 11.6. The lowest BCUT2D eigenvalue weighted by atomic mass is 9.90. The maximum absolute atomic E-state index is 3.70. The van der Waals surface area contributed by atoms with Gasteiger partial charge in [0, 0.05) is 0 Å².